The van der Waals surface area contributed by atoms with Crippen molar-refractivity contribution in [3.8, 4) is 5.75 Å². The Labute approximate surface area is 187 Å². The minimum atomic E-state index is -1.06. The molecule has 3 saturated heterocycles. The maximum absolute atomic E-state index is 13.9. The number of benzene rings is 2. The molecule has 7 nitrogen and oxygen atoms in total. The summed E-state index contributed by atoms with van der Waals surface area (Å²) in [4.78, 5) is 43.2. The number of fused-ring (bicyclic) bond motifs is 2. The first-order valence-electron chi connectivity index (χ1n) is 11.0. The van der Waals surface area contributed by atoms with Crippen LogP contribution < -0.4 is 10.1 Å². The molecular formula is C25H27N3O4. The van der Waals surface area contributed by atoms with Crippen molar-refractivity contribution in [2.75, 3.05) is 20.7 Å². The van der Waals surface area contributed by atoms with E-state index >= 15 is 0 Å². The molecule has 4 atom stereocenters. The molecule has 3 aliphatic rings. The molecule has 2 aromatic carbocycles. The van der Waals surface area contributed by atoms with Crippen LogP contribution in [0, 0.1) is 11.8 Å². The predicted octanol–water partition coefficient (Wildman–Crippen LogP) is 2.13. The molecule has 0 radical (unpaired) electrons. The van der Waals surface area contributed by atoms with Gasteiger partial charge in [-0.05, 0) is 36.1 Å². The summed E-state index contributed by atoms with van der Waals surface area (Å²) >= 11 is 0. The molecule has 1 spiro atoms. The van der Waals surface area contributed by atoms with Crippen LogP contribution in [0.3, 0.4) is 0 Å². The third-order valence-corrected chi connectivity index (χ3v) is 7.23. The van der Waals surface area contributed by atoms with E-state index in [1.807, 2.05) is 59.5 Å². The van der Waals surface area contributed by atoms with Gasteiger partial charge in [-0.3, -0.25) is 24.6 Å². The fourth-order valence-electron chi connectivity index (χ4n) is 5.66. The molecule has 3 amide bonds. The monoisotopic (exact) mass is 433 g/mol. The molecule has 0 unspecified atom stereocenters. The van der Waals surface area contributed by atoms with E-state index in [1.54, 1.807) is 7.11 Å². The van der Waals surface area contributed by atoms with Crippen molar-refractivity contribution in [3.05, 3.63) is 65.7 Å². The number of piperidine rings is 1. The molecule has 5 rings (SSSR count). The second-order valence-corrected chi connectivity index (χ2v) is 8.92. The summed E-state index contributed by atoms with van der Waals surface area (Å²) in [6.45, 7) is 1.08. The largest absolute Gasteiger partial charge is 0.497 e. The number of hydrogen-bond donors (Lipinski definition) is 1. The fourth-order valence-corrected chi connectivity index (χ4v) is 5.66. The second kappa shape index (κ2) is 7.74. The summed E-state index contributed by atoms with van der Waals surface area (Å²) < 4.78 is 5.22. The highest BCUT2D eigenvalue weighted by molar-refractivity contribution is 6.10. The van der Waals surface area contributed by atoms with Crippen LogP contribution in [0.2, 0.25) is 0 Å². The average molecular weight is 434 g/mol. The number of amides is 3. The lowest BCUT2D eigenvalue weighted by Crippen LogP contribution is -2.63. The highest BCUT2D eigenvalue weighted by atomic mass is 16.5. The first-order chi connectivity index (χ1) is 15.5. The standard InChI is InChI=1S/C25H27N3O4/c1-27-22(29)19-20(23(27)30)25(26-21(19)17-7-4-3-5-8-17)13-6-14-28(24(25)31)15-16-9-11-18(32-2)12-10-16/h3-5,7-12,19-21,26H,6,13-15H2,1-2H3/t19-,20-,21-,25-/m1/s1. The first kappa shape index (κ1) is 20.7. The average Bonchev–Trinajstić information content (AvgIpc) is 3.28. The molecule has 3 heterocycles. The Morgan fingerprint density at radius 2 is 1.75 bits per heavy atom. The minimum Gasteiger partial charge on any atom is -0.497 e. The lowest BCUT2D eigenvalue weighted by Gasteiger charge is -2.42. The Morgan fingerprint density at radius 1 is 1.03 bits per heavy atom. The SMILES string of the molecule is COc1ccc(CN2CCC[C@]3(N[C@H](c4ccccc4)[C@@H]4C(=O)N(C)C(=O)[C@@H]43)C2=O)cc1. The summed E-state index contributed by atoms with van der Waals surface area (Å²) in [6, 6.07) is 16.9. The van der Waals surface area contributed by atoms with Crippen LogP contribution in [0.4, 0.5) is 0 Å². The molecule has 7 heteroatoms. The summed E-state index contributed by atoms with van der Waals surface area (Å²) in [7, 11) is 3.15. The number of nitrogens with one attached hydrogen (secondary N) is 1. The van der Waals surface area contributed by atoms with Crippen LogP contribution in [0.15, 0.2) is 54.6 Å². The number of nitrogens with zero attached hydrogens (tertiary/aromatic N) is 2. The highest BCUT2D eigenvalue weighted by Gasteiger charge is 2.68. The van der Waals surface area contributed by atoms with Crippen molar-refractivity contribution in [1.82, 2.24) is 15.1 Å². The molecule has 3 aliphatic heterocycles. The van der Waals surface area contributed by atoms with E-state index in [0.717, 1.165) is 23.3 Å². The van der Waals surface area contributed by atoms with Gasteiger partial charge in [0.1, 0.15) is 11.3 Å². The molecule has 166 valence electrons. The van der Waals surface area contributed by atoms with Crippen LogP contribution in [0.5, 0.6) is 5.75 Å². The van der Waals surface area contributed by atoms with E-state index < -0.39 is 17.4 Å². The van der Waals surface area contributed by atoms with Crippen LogP contribution in [-0.2, 0) is 20.9 Å². The third kappa shape index (κ3) is 3.03. The van der Waals surface area contributed by atoms with Gasteiger partial charge in [0, 0.05) is 26.2 Å². The van der Waals surface area contributed by atoms with Gasteiger partial charge < -0.3 is 9.64 Å². The number of carbonyl (C=O) groups excluding carboxylic acids is 3. The van der Waals surface area contributed by atoms with E-state index in [1.165, 1.54) is 11.9 Å². The molecule has 0 aliphatic carbocycles. The lowest BCUT2D eigenvalue weighted by atomic mass is 9.74. The summed E-state index contributed by atoms with van der Waals surface area (Å²) in [5.74, 6) is -1.05. The number of carbonyl (C=O) groups is 3. The van der Waals surface area contributed by atoms with Gasteiger partial charge in [0.15, 0.2) is 0 Å². The van der Waals surface area contributed by atoms with E-state index in [4.69, 9.17) is 4.74 Å². The topological polar surface area (TPSA) is 79.0 Å². The van der Waals surface area contributed by atoms with Crippen molar-refractivity contribution >= 4 is 17.7 Å². The zero-order chi connectivity index (χ0) is 22.5. The van der Waals surface area contributed by atoms with Gasteiger partial charge in [0.25, 0.3) is 0 Å². The molecule has 1 N–H and O–H groups in total. The number of methoxy groups -OCH3 is 1. The molecular weight excluding hydrogens is 406 g/mol. The zero-order valence-electron chi connectivity index (χ0n) is 18.3. The predicted molar refractivity (Wildman–Crippen MR) is 117 cm³/mol. The van der Waals surface area contributed by atoms with Crippen LogP contribution in [0.1, 0.15) is 30.0 Å². The van der Waals surface area contributed by atoms with Crippen LogP contribution in [-0.4, -0.2) is 53.8 Å². The molecule has 0 aromatic heterocycles. The van der Waals surface area contributed by atoms with E-state index in [9.17, 15) is 14.4 Å². The summed E-state index contributed by atoms with van der Waals surface area (Å²) in [5.41, 5.74) is 0.861. The van der Waals surface area contributed by atoms with Crippen molar-refractivity contribution in [2.45, 2.75) is 31.0 Å². The lowest BCUT2D eigenvalue weighted by molar-refractivity contribution is -0.149. The van der Waals surface area contributed by atoms with Crippen molar-refractivity contribution < 1.29 is 19.1 Å². The van der Waals surface area contributed by atoms with E-state index in [2.05, 4.69) is 5.32 Å². The number of hydrogen-bond acceptors (Lipinski definition) is 5. The second-order valence-electron chi connectivity index (χ2n) is 8.92. The smallest absolute Gasteiger partial charge is 0.244 e. The maximum Gasteiger partial charge on any atom is 0.244 e. The first-order valence-corrected chi connectivity index (χ1v) is 11.0. The fraction of sp³-hybridized carbons (Fsp3) is 0.400. The number of ether oxygens (including phenoxy) is 1. The summed E-state index contributed by atoms with van der Waals surface area (Å²) in [6.07, 6.45) is 1.31. The Balaban J connectivity index is 1.49. The molecule has 2 aromatic rings. The van der Waals surface area contributed by atoms with Gasteiger partial charge in [-0.25, -0.2) is 0 Å². The molecule has 32 heavy (non-hydrogen) atoms. The zero-order valence-corrected chi connectivity index (χ0v) is 18.3. The Bertz CT molecular complexity index is 1050. The molecule has 3 fully saturated rings. The van der Waals surface area contributed by atoms with E-state index in [-0.39, 0.29) is 23.8 Å². The molecule has 0 saturated carbocycles. The third-order valence-electron chi connectivity index (χ3n) is 7.23. The van der Waals surface area contributed by atoms with Crippen molar-refractivity contribution in [1.29, 1.82) is 0 Å². The molecule has 0 bridgehead atoms. The maximum atomic E-state index is 13.9. The van der Waals surface area contributed by atoms with Gasteiger partial charge >= 0.3 is 0 Å². The van der Waals surface area contributed by atoms with Gasteiger partial charge in [0.05, 0.1) is 18.9 Å². The highest BCUT2D eigenvalue weighted by Crippen LogP contribution is 2.51. The number of imide groups is 1. The van der Waals surface area contributed by atoms with Crippen LogP contribution >= 0.6 is 0 Å². The quantitative estimate of drug-likeness (QED) is 0.748. The van der Waals surface area contributed by atoms with Crippen molar-refractivity contribution in [2.24, 2.45) is 11.8 Å². The number of rotatable bonds is 4. The van der Waals surface area contributed by atoms with Gasteiger partial charge in [-0.1, -0.05) is 42.5 Å². The van der Waals surface area contributed by atoms with Gasteiger partial charge in [-0.15, -0.1) is 0 Å². The Kier molecular flexibility index (Phi) is 5.01. The minimum absolute atomic E-state index is 0.0931. The van der Waals surface area contributed by atoms with Gasteiger partial charge in [0.2, 0.25) is 17.7 Å². The van der Waals surface area contributed by atoms with Crippen LogP contribution in [0.25, 0.3) is 0 Å². The Hall–Kier alpha value is -3.19. The van der Waals surface area contributed by atoms with E-state index in [0.29, 0.717) is 19.5 Å². The summed E-state index contributed by atoms with van der Waals surface area (Å²) in [5, 5.41) is 3.51. The van der Waals surface area contributed by atoms with Gasteiger partial charge in [-0.2, -0.15) is 0 Å². The van der Waals surface area contributed by atoms with Crippen molar-refractivity contribution in [3.63, 3.8) is 0 Å². The normalized spacial score (nSPS) is 29.7. The Morgan fingerprint density at radius 3 is 2.44 bits per heavy atom. The number of likely N-dealkylation sites (tertiary alicyclic amines) is 2.